The van der Waals surface area contributed by atoms with Crippen LogP contribution in [0.2, 0.25) is 5.02 Å². The summed E-state index contributed by atoms with van der Waals surface area (Å²) >= 11 is 10.2. The van der Waals surface area contributed by atoms with Crippen molar-refractivity contribution in [2.24, 2.45) is 0 Å². The first-order chi connectivity index (χ1) is 8.63. The lowest BCUT2D eigenvalue weighted by Gasteiger charge is -2.09. The Hall–Kier alpha value is -1.45. The predicted molar refractivity (Wildman–Crippen MR) is 75.1 cm³/mol. The van der Waals surface area contributed by atoms with Crippen LogP contribution >= 0.6 is 24.2 Å². The molecular weight excluding hydrogens is 268 g/mol. The largest absolute Gasteiger partial charge is 0.496 e. The maximum atomic E-state index is 12.4. The number of halogens is 1. The van der Waals surface area contributed by atoms with Crippen molar-refractivity contribution in [2.75, 3.05) is 7.11 Å². The predicted octanol–water partition coefficient (Wildman–Crippen LogP) is 3.87. The Morgan fingerprint density at radius 3 is 2.61 bits per heavy atom. The van der Waals surface area contributed by atoms with Crippen molar-refractivity contribution >= 4 is 30.0 Å². The number of rotatable bonds is 3. The van der Waals surface area contributed by atoms with Crippen molar-refractivity contribution < 1.29 is 9.53 Å². The Kier molecular flexibility index (Phi) is 3.94. The molecule has 2 aromatic carbocycles. The van der Waals surface area contributed by atoms with Crippen LogP contribution in [0.15, 0.2) is 47.4 Å². The average molecular weight is 279 g/mol. The van der Waals surface area contributed by atoms with Crippen LogP contribution in [0.3, 0.4) is 0 Å². The van der Waals surface area contributed by atoms with Crippen molar-refractivity contribution in [1.29, 1.82) is 0 Å². The molecule has 92 valence electrons. The Morgan fingerprint density at radius 2 is 1.89 bits per heavy atom. The summed E-state index contributed by atoms with van der Waals surface area (Å²) in [7, 11) is 1.53. The molecule has 0 fully saturated rings. The molecule has 0 bridgehead atoms. The highest BCUT2D eigenvalue weighted by Gasteiger charge is 2.16. The lowest BCUT2D eigenvalue weighted by atomic mass is 10.0. The average Bonchev–Trinajstić information content (AvgIpc) is 2.40. The monoisotopic (exact) mass is 278 g/mol. The second-order valence-corrected chi connectivity index (χ2v) is 4.61. The maximum absolute atomic E-state index is 12.4. The first-order valence-electron chi connectivity index (χ1n) is 5.29. The summed E-state index contributed by atoms with van der Waals surface area (Å²) in [5.74, 6) is 0.384. The molecule has 4 heteroatoms. The lowest BCUT2D eigenvalue weighted by molar-refractivity contribution is 0.103. The summed E-state index contributed by atoms with van der Waals surface area (Å²) in [5, 5.41) is 0.506. The summed E-state index contributed by atoms with van der Waals surface area (Å²) < 4.78 is 5.18. The summed E-state index contributed by atoms with van der Waals surface area (Å²) in [5.41, 5.74) is 0.966. The number of carbonyl (C=O) groups is 1. The smallest absolute Gasteiger partial charge is 0.197 e. The zero-order chi connectivity index (χ0) is 13.1. The molecule has 2 nitrogen and oxygen atoms in total. The van der Waals surface area contributed by atoms with Crippen molar-refractivity contribution in [3.8, 4) is 5.75 Å². The molecule has 0 amide bonds. The van der Waals surface area contributed by atoms with Gasteiger partial charge in [-0.1, -0.05) is 23.7 Å². The summed E-state index contributed by atoms with van der Waals surface area (Å²) in [6.07, 6.45) is 0. The summed E-state index contributed by atoms with van der Waals surface area (Å²) in [4.78, 5) is 13.0. The number of methoxy groups -OCH3 is 1. The van der Waals surface area contributed by atoms with E-state index in [2.05, 4.69) is 12.6 Å². The van der Waals surface area contributed by atoms with Crippen LogP contribution in [0.5, 0.6) is 5.75 Å². The van der Waals surface area contributed by atoms with E-state index in [4.69, 9.17) is 16.3 Å². The van der Waals surface area contributed by atoms with Crippen LogP contribution in [0, 0.1) is 0 Å². The SMILES string of the molecule is COc1ccccc1C(=O)c1cc(Cl)ccc1S. The number of benzene rings is 2. The van der Waals surface area contributed by atoms with Gasteiger partial charge in [0.2, 0.25) is 0 Å². The standard InChI is InChI=1S/C14H11ClO2S/c1-17-12-5-3-2-4-10(12)14(16)11-8-9(15)6-7-13(11)18/h2-8,18H,1H3. The Bertz CT molecular complexity index is 596. The molecule has 0 radical (unpaired) electrons. The van der Waals surface area contributed by atoms with E-state index in [0.29, 0.717) is 26.8 Å². The van der Waals surface area contributed by atoms with Gasteiger partial charge < -0.3 is 4.74 Å². The van der Waals surface area contributed by atoms with Crippen molar-refractivity contribution in [3.05, 3.63) is 58.6 Å². The molecule has 0 aliphatic heterocycles. The highest BCUT2D eigenvalue weighted by atomic mass is 35.5. The molecule has 0 aliphatic carbocycles. The third-order valence-corrected chi connectivity index (χ3v) is 3.18. The molecule has 18 heavy (non-hydrogen) atoms. The molecule has 0 aromatic heterocycles. The summed E-state index contributed by atoms with van der Waals surface area (Å²) in [6.45, 7) is 0. The van der Waals surface area contributed by atoms with Crippen LogP contribution in [-0.2, 0) is 0 Å². The molecule has 0 saturated heterocycles. The van der Waals surface area contributed by atoms with Crippen LogP contribution in [0.25, 0.3) is 0 Å². The van der Waals surface area contributed by atoms with Gasteiger partial charge in [0.05, 0.1) is 12.7 Å². The Labute approximate surface area is 116 Å². The van der Waals surface area contributed by atoms with E-state index in [9.17, 15) is 4.79 Å². The minimum Gasteiger partial charge on any atom is -0.496 e. The molecule has 0 saturated carbocycles. The van der Waals surface area contributed by atoms with Crippen molar-refractivity contribution in [1.82, 2.24) is 0 Å². The van der Waals surface area contributed by atoms with E-state index in [1.807, 2.05) is 6.07 Å². The van der Waals surface area contributed by atoms with E-state index < -0.39 is 0 Å². The fourth-order valence-corrected chi connectivity index (χ4v) is 2.08. The second-order valence-electron chi connectivity index (χ2n) is 3.69. The first-order valence-corrected chi connectivity index (χ1v) is 6.12. The molecule has 2 aromatic rings. The van der Waals surface area contributed by atoms with Crippen LogP contribution < -0.4 is 4.74 Å². The van der Waals surface area contributed by atoms with E-state index in [1.54, 1.807) is 36.4 Å². The van der Waals surface area contributed by atoms with Gasteiger partial charge in [-0.3, -0.25) is 4.79 Å². The van der Waals surface area contributed by atoms with Gasteiger partial charge in [-0.2, -0.15) is 0 Å². The second kappa shape index (κ2) is 5.46. The topological polar surface area (TPSA) is 26.3 Å². The van der Waals surface area contributed by atoms with Crippen molar-refractivity contribution in [3.63, 3.8) is 0 Å². The zero-order valence-electron chi connectivity index (χ0n) is 9.68. The van der Waals surface area contributed by atoms with E-state index in [1.165, 1.54) is 7.11 Å². The molecule has 0 unspecified atom stereocenters. The molecule has 0 heterocycles. The third-order valence-electron chi connectivity index (χ3n) is 2.55. The van der Waals surface area contributed by atoms with Gasteiger partial charge in [-0.25, -0.2) is 0 Å². The van der Waals surface area contributed by atoms with Gasteiger partial charge in [-0.15, -0.1) is 12.6 Å². The van der Waals surface area contributed by atoms with Gasteiger partial charge in [0.25, 0.3) is 0 Å². The van der Waals surface area contributed by atoms with Gasteiger partial charge >= 0.3 is 0 Å². The molecular formula is C14H11ClO2S. The maximum Gasteiger partial charge on any atom is 0.197 e. The third kappa shape index (κ3) is 2.52. The number of thiol groups is 1. The number of ether oxygens (including phenoxy) is 1. The number of ketones is 1. The molecule has 2 rings (SSSR count). The van der Waals surface area contributed by atoms with Gasteiger partial charge in [0.1, 0.15) is 5.75 Å². The molecule has 0 spiro atoms. The highest BCUT2D eigenvalue weighted by Crippen LogP contribution is 2.26. The van der Waals surface area contributed by atoms with Crippen LogP contribution in [-0.4, -0.2) is 12.9 Å². The van der Waals surface area contributed by atoms with Gasteiger partial charge in [0.15, 0.2) is 5.78 Å². The minimum atomic E-state index is -0.153. The lowest BCUT2D eigenvalue weighted by Crippen LogP contribution is -2.04. The zero-order valence-corrected chi connectivity index (χ0v) is 11.3. The molecule has 0 N–H and O–H groups in total. The van der Waals surface area contributed by atoms with E-state index in [0.717, 1.165) is 0 Å². The number of carbonyl (C=O) groups excluding carboxylic acids is 1. The van der Waals surface area contributed by atoms with Gasteiger partial charge in [-0.05, 0) is 30.3 Å². The van der Waals surface area contributed by atoms with Crippen LogP contribution in [0.4, 0.5) is 0 Å². The summed E-state index contributed by atoms with van der Waals surface area (Å²) in [6, 6.07) is 12.1. The minimum absolute atomic E-state index is 0.153. The van der Waals surface area contributed by atoms with Crippen LogP contribution in [0.1, 0.15) is 15.9 Å². The fourth-order valence-electron chi connectivity index (χ4n) is 1.67. The first kappa shape index (κ1) is 13.0. The molecule has 0 atom stereocenters. The number of hydrogen-bond acceptors (Lipinski definition) is 3. The van der Waals surface area contributed by atoms with E-state index in [-0.39, 0.29) is 5.78 Å². The highest BCUT2D eigenvalue weighted by molar-refractivity contribution is 7.80. The fraction of sp³-hybridized carbons (Fsp3) is 0.0714. The normalized spacial score (nSPS) is 10.2. The van der Waals surface area contributed by atoms with E-state index >= 15 is 0 Å². The van der Waals surface area contributed by atoms with Crippen molar-refractivity contribution in [2.45, 2.75) is 4.90 Å². The Balaban J connectivity index is 2.51. The molecule has 0 aliphatic rings. The number of hydrogen-bond donors (Lipinski definition) is 1. The number of para-hydroxylation sites is 1. The van der Waals surface area contributed by atoms with Gasteiger partial charge in [0, 0.05) is 15.5 Å². The quantitative estimate of drug-likeness (QED) is 0.681. The Morgan fingerprint density at radius 1 is 1.17 bits per heavy atom.